The third kappa shape index (κ3) is 7.12. The smallest absolute Gasteiger partial charge is 0.410 e. The number of nitrogens with zero attached hydrogens (tertiary/aromatic N) is 4. The Morgan fingerprint density at radius 1 is 1.13 bits per heavy atom. The number of alkyl carbamates (subject to hydrolysis) is 1. The number of carbonyl (C=O) groups excluding carboxylic acids is 2. The second-order valence-corrected chi connectivity index (χ2v) is 8.87. The number of carboxylic acids is 1. The number of carboxylic acid groups (broad SMARTS) is 1. The van der Waals surface area contributed by atoms with Crippen LogP contribution in [-0.4, -0.2) is 67.1 Å². The highest BCUT2D eigenvalue weighted by molar-refractivity contribution is 5.94. The van der Waals surface area contributed by atoms with Gasteiger partial charge in [0.2, 0.25) is 0 Å². The number of hydrogen-bond acceptors (Lipinski definition) is 7. The van der Waals surface area contributed by atoms with Gasteiger partial charge < -0.3 is 24.8 Å². The SMILES string of the molecule is CC(C)(C)OC(=O)NCCN(Cc1ccnc2c(C(=O)O)cnn12)C(=O)OC(C)(C)C. The molecule has 31 heavy (non-hydrogen) atoms. The summed E-state index contributed by atoms with van der Waals surface area (Å²) in [7, 11) is 0. The van der Waals surface area contributed by atoms with Gasteiger partial charge in [0.1, 0.15) is 16.8 Å². The van der Waals surface area contributed by atoms with Crippen LogP contribution in [0.2, 0.25) is 0 Å². The average molecular weight is 435 g/mol. The van der Waals surface area contributed by atoms with Crippen molar-refractivity contribution in [3.05, 3.63) is 29.7 Å². The maximum Gasteiger partial charge on any atom is 0.410 e. The molecule has 0 unspecified atom stereocenters. The zero-order valence-corrected chi connectivity index (χ0v) is 18.6. The number of aromatic nitrogens is 3. The van der Waals surface area contributed by atoms with E-state index >= 15 is 0 Å². The van der Waals surface area contributed by atoms with E-state index in [-0.39, 0.29) is 30.8 Å². The van der Waals surface area contributed by atoms with Gasteiger partial charge in [0.05, 0.1) is 18.4 Å². The van der Waals surface area contributed by atoms with Crippen LogP contribution in [0.1, 0.15) is 57.6 Å². The standard InChI is InChI=1S/C20H29N5O6/c1-19(2,3)30-17(28)22-9-10-24(18(29)31-20(4,5)6)12-13-7-8-21-15-14(16(26)27)11-23-25(13)15/h7-8,11H,9-10,12H2,1-6H3,(H,22,28)(H,26,27). The van der Waals surface area contributed by atoms with Crippen molar-refractivity contribution in [3.8, 4) is 0 Å². The van der Waals surface area contributed by atoms with Crippen molar-refractivity contribution in [2.24, 2.45) is 0 Å². The van der Waals surface area contributed by atoms with Gasteiger partial charge in [-0.05, 0) is 47.6 Å². The van der Waals surface area contributed by atoms with Gasteiger partial charge in [-0.15, -0.1) is 0 Å². The molecule has 0 aliphatic heterocycles. The minimum atomic E-state index is -1.15. The van der Waals surface area contributed by atoms with Crippen molar-refractivity contribution < 1.29 is 29.0 Å². The highest BCUT2D eigenvalue weighted by Gasteiger charge is 2.24. The highest BCUT2D eigenvalue weighted by atomic mass is 16.6. The fourth-order valence-corrected chi connectivity index (χ4v) is 2.58. The van der Waals surface area contributed by atoms with E-state index in [4.69, 9.17) is 9.47 Å². The van der Waals surface area contributed by atoms with E-state index < -0.39 is 29.4 Å². The van der Waals surface area contributed by atoms with Crippen molar-refractivity contribution in [1.82, 2.24) is 24.8 Å². The van der Waals surface area contributed by atoms with Crippen molar-refractivity contribution >= 4 is 23.8 Å². The van der Waals surface area contributed by atoms with Gasteiger partial charge in [0, 0.05) is 19.3 Å². The zero-order chi connectivity index (χ0) is 23.4. The lowest BCUT2D eigenvalue weighted by atomic mass is 10.2. The number of rotatable bonds is 6. The number of ether oxygens (including phenoxy) is 2. The molecular weight excluding hydrogens is 406 g/mol. The summed E-state index contributed by atoms with van der Waals surface area (Å²) in [6.07, 6.45) is 1.47. The van der Waals surface area contributed by atoms with Gasteiger partial charge >= 0.3 is 18.2 Å². The van der Waals surface area contributed by atoms with Gasteiger partial charge in [0.25, 0.3) is 0 Å². The number of aromatic carboxylic acids is 1. The molecule has 0 saturated heterocycles. The van der Waals surface area contributed by atoms with Crippen LogP contribution in [0.15, 0.2) is 18.5 Å². The molecule has 2 aromatic heterocycles. The Labute approximate surface area is 180 Å². The summed E-state index contributed by atoms with van der Waals surface area (Å²) in [6.45, 7) is 10.8. The lowest BCUT2D eigenvalue weighted by Crippen LogP contribution is -2.42. The first-order valence-electron chi connectivity index (χ1n) is 9.76. The number of nitrogens with one attached hydrogen (secondary N) is 1. The molecule has 0 aliphatic carbocycles. The first kappa shape index (κ1) is 23.9. The van der Waals surface area contributed by atoms with Crippen LogP contribution in [0, 0.1) is 0 Å². The second kappa shape index (κ2) is 9.19. The van der Waals surface area contributed by atoms with E-state index in [1.54, 1.807) is 47.6 Å². The largest absolute Gasteiger partial charge is 0.477 e. The Balaban J connectivity index is 2.19. The maximum absolute atomic E-state index is 12.7. The molecule has 11 nitrogen and oxygen atoms in total. The Morgan fingerprint density at radius 2 is 1.77 bits per heavy atom. The van der Waals surface area contributed by atoms with Crippen LogP contribution in [0.4, 0.5) is 9.59 Å². The molecule has 11 heteroatoms. The lowest BCUT2D eigenvalue weighted by molar-refractivity contribution is 0.0221. The topological polar surface area (TPSA) is 135 Å². The van der Waals surface area contributed by atoms with Crippen LogP contribution in [-0.2, 0) is 16.0 Å². The minimum Gasteiger partial charge on any atom is -0.477 e. The van der Waals surface area contributed by atoms with E-state index in [1.807, 2.05) is 0 Å². The Hall–Kier alpha value is -3.37. The summed E-state index contributed by atoms with van der Waals surface area (Å²) in [5, 5.41) is 16.0. The van der Waals surface area contributed by atoms with E-state index in [2.05, 4.69) is 15.4 Å². The molecule has 2 rings (SSSR count). The Morgan fingerprint density at radius 3 is 2.35 bits per heavy atom. The van der Waals surface area contributed by atoms with Crippen LogP contribution in [0.25, 0.3) is 5.65 Å². The first-order valence-corrected chi connectivity index (χ1v) is 9.76. The van der Waals surface area contributed by atoms with Gasteiger partial charge in [0.15, 0.2) is 5.65 Å². The van der Waals surface area contributed by atoms with Crippen molar-refractivity contribution in [3.63, 3.8) is 0 Å². The molecule has 2 N–H and O–H groups in total. The summed E-state index contributed by atoms with van der Waals surface area (Å²) in [6, 6.07) is 1.63. The second-order valence-electron chi connectivity index (χ2n) is 8.87. The predicted octanol–water partition coefficient (Wildman–Crippen LogP) is 2.69. The van der Waals surface area contributed by atoms with Crippen LogP contribution in [0.5, 0.6) is 0 Å². The van der Waals surface area contributed by atoms with Crippen LogP contribution >= 0.6 is 0 Å². The molecule has 0 spiro atoms. The number of hydrogen-bond donors (Lipinski definition) is 2. The lowest BCUT2D eigenvalue weighted by Gasteiger charge is -2.28. The molecule has 2 heterocycles. The summed E-state index contributed by atoms with van der Waals surface area (Å²) < 4.78 is 12.0. The molecule has 0 aromatic carbocycles. The van der Waals surface area contributed by atoms with Gasteiger partial charge in [-0.25, -0.2) is 23.9 Å². The minimum absolute atomic E-state index is 0.0442. The fourth-order valence-electron chi connectivity index (χ4n) is 2.58. The Kier molecular flexibility index (Phi) is 7.09. The molecule has 0 saturated carbocycles. The zero-order valence-electron chi connectivity index (χ0n) is 18.6. The highest BCUT2D eigenvalue weighted by Crippen LogP contribution is 2.15. The third-order valence-corrected chi connectivity index (χ3v) is 3.76. The number of fused-ring (bicyclic) bond motifs is 1. The van der Waals surface area contributed by atoms with Crippen LogP contribution in [0.3, 0.4) is 0 Å². The van der Waals surface area contributed by atoms with Gasteiger partial charge in [-0.2, -0.15) is 5.10 Å². The van der Waals surface area contributed by atoms with Gasteiger partial charge in [-0.3, -0.25) is 0 Å². The van der Waals surface area contributed by atoms with Crippen molar-refractivity contribution in [2.45, 2.75) is 59.3 Å². The quantitative estimate of drug-likeness (QED) is 0.707. The monoisotopic (exact) mass is 435 g/mol. The summed E-state index contributed by atoms with van der Waals surface area (Å²) in [4.78, 5) is 41.4. The molecular formula is C20H29N5O6. The molecule has 0 atom stereocenters. The summed E-state index contributed by atoms with van der Waals surface area (Å²) in [5.74, 6) is -1.15. The van der Waals surface area contributed by atoms with Crippen molar-refractivity contribution in [1.29, 1.82) is 0 Å². The molecule has 2 aromatic rings. The molecule has 2 amide bonds. The summed E-state index contributed by atoms with van der Waals surface area (Å²) in [5.41, 5.74) is -0.706. The van der Waals surface area contributed by atoms with Crippen LogP contribution < -0.4 is 5.32 Å². The fraction of sp³-hybridized carbons (Fsp3) is 0.550. The number of amides is 2. The van der Waals surface area contributed by atoms with E-state index in [0.717, 1.165) is 0 Å². The van der Waals surface area contributed by atoms with Gasteiger partial charge in [-0.1, -0.05) is 0 Å². The van der Waals surface area contributed by atoms with E-state index in [1.165, 1.54) is 21.8 Å². The molecule has 0 bridgehead atoms. The molecule has 0 fully saturated rings. The molecule has 0 radical (unpaired) electrons. The van der Waals surface area contributed by atoms with E-state index in [9.17, 15) is 19.5 Å². The number of carbonyl (C=O) groups is 3. The normalized spacial score (nSPS) is 11.8. The third-order valence-electron chi connectivity index (χ3n) is 3.76. The summed E-state index contributed by atoms with van der Waals surface area (Å²) >= 11 is 0. The maximum atomic E-state index is 12.7. The molecule has 0 aliphatic rings. The average Bonchev–Trinajstić information content (AvgIpc) is 3.03. The molecule has 170 valence electrons. The van der Waals surface area contributed by atoms with E-state index in [0.29, 0.717) is 5.69 Å². The first-order chi connectivity index (χ1) is 14.3. The predicted molar refractivity (Wildman–Crippen MR) is 111 cm³/mol. The van der Waals surface area contributed by atoms with Crippen molar-refractivity contribution in [2.75, 3.05) is 13.1 Å². The Bertz CT molecular complexity index is 957.